The fraction of sp³-hybridized carbons (Fsp3) is 0.526. The fourth-order valence-electron chi connectivity index (χ4n) is 3.36. The Balaban J connectivity index is 1.79. The molecule has 0 radical (unpaired) electrons. The molecular formula is C19H25NO7. The van der Waals surface area contributed by atoms with Gasteiger partial charge in [-0.05, 0) is 32.1 Å². The lowest BCUT2D eigenvalue weighted by Crippen LogP contribution is -2.58. The van der Waals surface area contributed by atoms with Crippen molar-refractivity contribution < 1.29 is 34.0 Å². The molecule has 3 N–H and O–H groups in total. The Bertz CT molecular complexity index is 748. The van der Waals surface area contributed by atoms with E-state index in [4.69, 9.17) is 18.9 Å². The van der Waals surface area contributed by atoms with E-state index in [1.165, 1.54) is 14.0 Å². The number of benzene rings is 1. The summed E-state index contributed by atoms with van der Waals surface area (Å²) in [7, 11) is 1.45. The van der Waals surface area contributed by atoms with E-state index in [-0.39, 0.29) is 12.5 Å². The van der Waals surface area contributed by atoms with Gasteiger partial charge in [0.2, 0.25) is 12.2 Å². The molecule has 1 saturated heterocycles. The van der Waals surface area contributed by atoms with Crippen molar-refractivity contribution in [2.75, 3.05) is 13.7 Å². The van der Waals surface area contributed by atoms with Gasteiger partial charge in [-0.2, -0.15) is 0 Å². The summed E-state index contributed by atoms with van der Waals surface area (Å²) in [6.45, 7) is 5.26. The molecule has 1 fully saturated rings. The Labute approximate surface area is 157 Å². The Kier molecular flexibility index (Phi) is 5.71. The molecule has 0 bridgehead atoms. The summed E-state index contributed by atoms with van der Waals surface area (Å²) in [4.78, 5) is 11.2. The second-order valence-corrected chi connectivity index (χ2v) is 6.76. The number of rotatable bonds is 4. The Morgan fingerprint density at radius 1 is 1.30 bits per heavy atom. The van der Waals surface area contributed by atoms with Gasteiger partial charge in [0.1, 0.15) is 36.4 Å². The zero-order valence-corrected chi connectivity index (χ0v) is 15.8. The molecule has 1 amide bonds. The highest BCUT2D eigenvalue weighted by Gasteiger charge is 2.44. The molecule has 0 aliphatic carbocycles. The van der Waals surface area contributed by atoms with E-state index in [2.05, 4.69) is 5.32 Å². The van der Waals surface area contributed by atoms with Crippen LogP contribution in [0.5, 0.6) is 11.5 Å². The maximum atomic E-state index is 11.2. The summed E-state index contributed by atoms with van der Waals surface area (Å²) in [6, 6.07) is 3.53. The highest BCUT2D eigenvalue weighted by molar-refractivity contribution is 5.78. The summed E-state index contributed by atoms with van der Waals surface area (Å²) in [5, 5.41) is 23.2. The maximum Gasteiger partial charge on any atom is 0.229 e. The standard InChI is InChI=1S/C19H25NO7/c1-9-14(27-19-16(23)15(22)18(24-4)10(2)26-19)6-5-12-7-13(20-11(3)21)8-25-17(9)12/h5-7,10,15-16,18-19,22-23H,8H2,1-4H3,(H,20,21)/t10-,15-,16+,18-,19-/m0/s1. The van der Waals surface area contributed by atoms with Crippen molar-refractivity contribution >= 4 is 12.0 Å². The van der Waals surface area contributed by atoms with Crippen LogP contribution < -0.4 is 14.8 Å². The highest BCUT2D eigenvalue weighted by Crippen LogP contribution is 2.36. The van der Waals surface area contributed by atoms with Crippen LogP contribution in [0, 0.1) is 6.92 Å². The lowest BCUT2D eigenvalue weighted by molar-refractivity contribution is -0.272. The van der Waals surface area contributed by atoms with Gasteiger partial charge in [0.05, 0.1) is 11.8 Å². The van der Waals surface area contributed by atoms with Crippen LogP contribution in [0.3, 0.4) is 0 Å². The van der Waals surface area contributed by atoms with Gasteiger partial charge < -0.3 is 34.5 Å². The van der Waals surface area contributed by atoms with Gasteiger partial charge in [-0.3, -0.25) is 4.79 Å². The normalized spacial score (nSPS) is 30.0. The second kappa shape index (κ2) is 7.85. The number of carbonyl (C=O) groups is 1. The first-order valence-electron chi connectivity index (χ1n) is 8.77. The van der Waals surface area contributed by atoms with Crippen molar-refractivity contribution in [3.8, 4) is 11.5 Å². The molecule has 5 atom stereocenters. The smallest absolute Gasteiger partial charge is 0.229 e. The van der Waals surface area contributed by atoms with Crippen molar-refractivity contribution in [3.05, 3.63) is 29.0 Å². The third-order valence-electron chi connectivity index (χ3n) is 4.72. The third kappa shape index (κ3) is 3.93. The molecule has 148 valence electrons. The van der Waals surface area contributed by atoms with E-state index < -0.39 is 30.7 Å². The van der Waals surface area contributed by atoms with Crippen LogP contribution in [0.25, 0.3) is 6.08 Å². The van der Waals surface area contributed by atoms with Crippen LogP contribution in [0.2, 0.25) is 0 Å². The van der Waals surface area contributed by atoms with E-state index in [0.717, 1.165) is 11.1 Å². The van der Waals surface area contributed by atoms with Crippen LogP contribution >= 0.6 is 0 Å². The number of aliphatic hydroxyl groups excluding tert-OH is 2. The minimum atomic E-state index is -1.26. The molecule has 1 aromatic carbocycles. The zero-order valence-electron chi connectivity index (χ0n) is 15.8. The molecule has 0 saturated carbocycles. The van der Waals surface area contributed by atoms with E-state index >= 15 is 0 Å². The van der Waals surface area contributed by atoms with Crippen molar-refractivity contribution in [3.63, 3.8) is 0 Å². The third-order valence-corrected chi connectivity index (χ3v) is 4.72. The van der Waals surface area contributed by atoms with Crippen molar-refractivity contribution in [2.45, 2.75) is 51.5 Å². The highest BCUT2D eigenvalue weighted by atomic mass is 16.7. The molecule has 3 rings (SSSR count). The number of hydrogen-bond donors (Lipinski definition) is 3. The number of amides is 1. The van der Waals surface area contributed by atoms with Crippen LogP contribution in [-0.2, 0) is 14.3 Å². The SMILES string of the molecule is CO[C@@H]1[C@@H](O)[C@@H](O)[C@H](Oc2ccc3c(c2C)OCC(NC(C)=O)=C3)O[C@H]1C. The average Bonchev–Trinajstić information content (AvgIpc) is 2.61. The van der Waals surface area contributed by atoms with Crippen LogP contribution in [-0.4, -0.2) is 60.5 Å². The molecule has 2 aliphatic rings. The predicted molar refractivity (Wildman–Crippen MR) is 96.2 cm³/mol. The van der Waals surface area contributed by atoms with Gasteiger partial charge in [-0.25, -0.2) is 0 Å². The van der Waals surface area contributed by atoms with E-state index in [1.54, 1.807) is 19.1 Å². The lowest BCUT2D eigenvalue weighted by atomic mass is 9.99. The molecule has 8 heteroatoms. The second-order valence-electron chi connectivity index (χ2n) is 6.76. The van der Waals surface area contributed by atoms with Gasteiger partial charge in [0.25, 0.3) is 0 Å². The summed E-state index contributed by atoms with van der Waals surface area (Å²) >= 11 is 0. The van der Waals surface area contributed by atoms with Crippen molar-refractivity contribution in [1.82, 2.24) is 5.32 Å². The van der Waals surface area contributed by atoms with Crippen molar-refractivity contribution in [2.24, 2.45) is 0 Å². The average molecular weight is 379 g/mol. The number of ether oxygens (including phenoxy) is 4. The number of nitrogens with one attached hydrogen (secondary N) is 1. The van der Waals surface area contributed by atoms with Gasteiger partial charge in [-0.15, -0.1) is 0 Å². The Hall–Kier alpha value is -2.13. The Morgan fingerprint density at radius 2 is 2.04 bits per heavy atom. The first-order chi connectivity index (χ1) is 12.8. The quantitative estimate of drug-likeness (QED) is 0.708. The van der Waals surface area contributed by atoms with Crippen molar-refractivity contribution in [1.29, 1.82) is 0 Å². The molecule has 0 aromatic heterocycles. The molecule has 0 unspecified atom stereocenters. The minimum absolute atomic E-state index is 0.157. The fourth-order valence-corrected chi connectivity index (χ4v) is 3.36. The first kappa shape index (κ1) is 19.6. The molecule has 27 heavy (non-hydrogen) atoms. The summed E-state index contributed by atoms with van der Waals surface area (Å²) in [5.74, 6) is 0.954. The number of carbonyl (C=O) groups excluding carboxylic acids is 1. The van der Waals surface area contributed by atoms with Gasteiger partial charge >= 0.3 is 0 Å². The number of fused-ring (bicyclic) bond motifs is 1. The summed E-state index contributed by atoms with van der Waals surface area (Å²) in [5.41, 5.74) is 2.22. The van der Waals surface area contributed by atoms with Gasteiger partial charge in [0.15, 0.2) is 0 Å². The predicted octanol–water partition coefficient (Wildman–Crippen LogP) is 0.725. The summed E-state index contributed by atoms with van der Waals surface area (Å²) in [6.07, 6.45) is -2.65. The zero-order chi connectivity index (χ0) is 19.7. The van der Waals surface area contributed by atoms with Gasteiger partial charge in [-0.1, -0.05) is 0 Å². The minimum Gasteiger partial charge on any atom is -0.486 e. The molecular weight excluding hydrogens is 354 g/mol. The van der Waals surface area contributed by atoms with Crippen LogP contribution in [0.1, 0.15) is 25.0 Å². The molecule has 2 aliphatic heterocycles. The number of aliphatic hydroxyl groups is 2. The topological polar surface area (TPSA) is 106 Å². The molecule has 0 spiro atoms. The molecule has 2 heterocycles. The van der Waals surface area contributed by atoms with E-state index in [0.29, 0.717) is 17.2 Å². The lowest BCUT2D eigenvalue weighted by Gasteiger charge is -2.40. The maximum absolute atomic E-state index is 11.2. The monoisotopic (exact) mass is 379 g/mol. The van der Waals surface area contributed by atoms with Crippen LogP contribution in [0.15, 0.2) is 17.8 Å². The Morgan fingerprint density at radius 3 is 2.70 bits per heavy atom. The largest absolute Gasteiger partial charge is 0.486 e. The van der Waals surface area contributed by atoms with E-state index in [9.17, 15) is 15.0 Å². The van der Waals surface area contributed by atoms with Gasteiger partial charge in [0, 0.05) is 25.2 Å². The number of hydrogen-bond acceptors (Lipinski definition) is 7. The first-order valence-corrected chi connectivity index (χ1v) is 8.77. The van der Waals surface area contributed by atoms with E-state index in [1.807, 2.05) is 13.0 Å². The summed E-state index contributed by atoms with van der Waals surface area (Å²) < 4.78 is 22.4. The molecule has 8 nitrogen and oxygen atoms in total. The molecule has 1 aromatic rings. The number of methoxy groups -OCH3 is 1. The van der Waals surface area contributed by atoms with Crippen LogP contribution in [0.4, 0.5) is 0 Å².